The Kier molecular flexibility index (Phi) is 6.91. The molecule has 196 valence electrons. The lowest BCUT2D eigenvalue weighted by atomic mass is 9.83. The van der Waals surface area contributed by atoms with Crippen LogP contribution < -0.4 is 11.1 Å². The number of pyridine rings is 1. The van der Waals surface area contributed by atoms with Crippen molar-refractivity contribution >= 4 is 17.6 Å². The Morgan fingerprint density at radius 3 is 2.61 bits per heavy atom. The van der Waals surface area contributed by atoms with E-state index in [1.165, 1.54) is 10.9 Å². The second-order valence-corrected chi connectivity index (χ2v) is 9.87. The summed E-state index contributed by atoms with van der Waals surface area (Å²) in [6.45, 7) is 0.403. The molecule has 2 aliphatic rings. The third-order valence-corrected chi connectivity index (χ3v) is 7.26. The number of halogens is 2. The molecule has 2 fully saturated rings. The van der Waals surface area contributed by atoms with Gasteiger partial charge in [-0.3, -0.25) is 19.2 Å². The fourth-order valence-corrected chi connectivity index (χ4v) is 4.85. The Morgan fingerprint density at radius 1 is 1.21 bits per heavy atom. The molecular formula is C27H27F2N7O2. The lowest BCUT2D eigenvalue weighted by Gasteiger charge is -2.43. The van der Waals surface area contributed by atoms with Gasteiger partial charge < -0.3 is 11.1 Å². The Hall–Kier alpha value is -4.17. The molecule has 3 N–H and O–H groups in total. The number of hydrogen-bond donors (Lipinski definition) is 2. The van der Waals surface area contributed by atoms with Crippen LogP contribution in [0.2, 0.25) is 0 Å². The van der Waals surface area contributed by atoms with Crippen LogP contribution in [0, 0.1) is 23.2 Å². The zero-order valence-corrected chi connectivity index (χ0v) is 20.6. The summed E-state index contributed by atoms with van der Waals surface area (Å²) in [5.41, 5.74) is 5.72. The van der Waals surface area contributed by atoms with Gasteiger partial charge in [0.2, 0.25) is 11.9 Å². The number of nitrogens with one attached hydrogen (secondary N) is 1. The van der Waals surface area contributed by atoms with Gasteiger partial charge in [0.25, 0.3) is 5.91 Å². The highest BCUT2D eigenvalue weighted by Gasteiger charge is 2.47. The molecule has 1 saturated heterocycles. The van der Waals surface area contributed by atoms with Gasteiger partial charge in [-0.15, -0.1) is 0 Å². The van der Waals surface area contributed by atoms with Gasteiger partial charge in [0.1, 0.15) is 17.3 Å². The number of anilines is 1. The lowest BCUT2D eigenvalue weighted by Crippen LogP contribution is -2.54. The molecule has 1 saturated carbocycles. The van der Waals surface area contributed by atoms with Crippen LogP contribution in [0.1, 0.15) is 41.6 Å². The molecule has 2 amide bonds. The summed E-state index contributed by atoms with van der Waals surface area (Å²) in [5.74, 6) is -1.88. The van der Waals surface area contributed by atoms with Crippen molar-refractivity contribution in [3.05, 3.63) is 65.7 Å². The normalized spacial score (nSPS) is 21.6. The summed E-state index contributed by atoms with van der Waals surface area (Å²) in [5, 5.41) is 16.5. The maximum atomic E-state index is 15.9. The summed E-state index contributed by atoms with van der Waals surface area (Å²) < 4.78 is 32.0. The SMILES string of the molecule is N#CCC1(n2cc(C(N)=O)c(NC(=O)C3CC3)n2)CCN(Cc2ccc(-c3ccccc3)nc2F)CC1F. The number of carbonyl (C=O) groups excluding carboxylic acids is 2. The largest absolute Gasteiger partial charge is 0.365 e. The van der Waals surface area contributed by atoms with Gasteiger partial charge in [-0.1, -0.05) is 36.4 Å². The van der Waals surface area contributed by atoms with Crippen LogP contribution in [0.4, 0.5) is 14.6 Å². The predicted octanol–water partition coefficient (Wildman–Crippen LogP) is 3.38. The molecule has 3 heterocycles. The van der Waals surface area contributed by atoms with E-state index in [4.69, 9.17) is 5.73 Å². The van der Waals surface area contributed by atoms with E-state index in [0.29, 0.717) is 17.8 Å². The quantitative estimate of drug-likeness (QED) is 0.439. The smallest absolute Gasteiger partial charge is 0.254 e. The van der Waals surface area contributed by atoms with Gasteiger partial charge in [-0.25, -0.2) is 9.37 Å². The van der Waals surface area contributed by atoms with Crippen molar-refractivity contribution in [3.63, 3.8) is 0 Å². The molecule has 11 heteroatoms. The minimum atomic E-state index is -1.57. The topological polar surface area (TPSA) is 130 Å². The number of nitrogens with two attached hydrogens (primary N) is 1. The zero-order chi connectivity index (χ0) is 26.9. The molecule has 3 aromatic rings. The number of carbonyl (C=O) groups is 2. The van der Waals surface area contributed by atoms with Gasteiger partial charge >= 0.3 is 0 Å². The highest BCUT2D eigenvalue weighted by atomic mass is 19.1. The van der Waals surface area contributed by atoms with Gasteiger partial charge in [-0.2, -0.15) is 14.8 Å². The average Bonchev–Trinajstić information content (AvgIpc) is 3.67. The highest BCUT2D eigenvalue weighted by Crippen LogP contribution is 2.38. The molecule has 0 radical (unpaired) electrons. The van der Waals surface area contributed by atoms with Crippen molar-refractivity contribution in [1.82, 2.24) is 19.7 Å². The third kappa shape index (κ3) is 4.99. The Labute approximate surface area is 218 Å². The fourth-order valence-electron chi connectivity index (χ4n) is 4.85. The Bertz CT molecular complexity index is 1400. The van der Waals surface area contributed by atoms with Gasteiger partial charge in [0.15, 0.2) is 5.82 Å². The van der Waals surface area contributed by atoms with E-state index >= 15 is 4.39 Å². The van der Waals surface area contributed by atoms with Crippen molar-refractivity contribution in [2.75, 3.05) is 18.4 Å². The van der Waals surface area contributed by atoms with E-state index in [9.17, 15) is 19.2 Å². The molecule has 2 atom stereocenters. The second-order valence-electron chi connectivity index (χ2n) is 9.87. The predicted molar refractivity (Wildman–Crippen MR) is 135 cm³/mol. The molecule has 5 rings (SSSR count). The van der Waals surface area contributed by atoms with Crippen LogP contribution in [0.15, 0.2) is 48.7 Å². The van der Waals surface area contributed by atoms with Crippen molar-refractivity contribution in [1.29, 1.82) is 5.26 Å². The minimum Gasteiger partial charge on any atom is -0.365 e. The van der Waals surface area contributed by atoms with Crippen LogP contribution in [0.25, 0.3) is 11.3 Å². The number of primary amides is 1. The van der Waals surface area contributed by atoms with Crippen molar-refractivity contribution in [3.8, 4) is 17.3 Å². The Balaban J connectivity index is 1.34. The molecule has 38 heavy (non-hydrogen) atoms. The minimum absolute atomic E-state index is 0.0343. The summed E-state index contributed by atoms with van der Waals surface area (Å²) in [6.07, 6.45) is 1.21. The van der Waals surface area contributed by atoms with Gasteiger partial charge in [-0.05, 0) is 25.3 Å². The number of rotatable bonds is 8. The fraction of sp³-hybridized carbons (Fsp3) is 0.370. The first-order valence-corrected chi connectivity index (χ1v) is 12.5. The van der Waals surface area contributed by atoms with E-state index in [2.05, 4.69) is 15.4 Å². The van der Waals surface area contributed by atoms with E-state index in [-0.39, 0.29) is 49.1 Å². The van der Waals surface area contributed by atoms with Crippen LogP contribution in [-0.2, 0) is 16.9 Å². The van der Waals surface area contributed by atoms with Crippen molar-refractivity contribution in [2.45, 2.75) is 43.9 Å². The second kappa shape index (κ2) is 10.3. The van der Waals surface area contributed by atoms with Crippen LogP contribution >= 0.6 is 0 Å². The van der Waals surface area contributed by atoms with E-state index in [1.807, 2.05) is 36.4 Å². The van der Waals surface area contributed by atoms with Gasteiger partial charge in [0, 0.05) is 42.9 Å². The van der Waals surface area contributed by atoms with Crippen LogP contribution in [0.5, 0.6) is 0 Å². The molecule has 1 aromatic carbocycles. The molecule has 0 spiro atoms. The first kappa shape index (κ1) is 25.5. The van der Waals surface area contributed by atoms with E-state index in [0.717, 1.165) is 18.4 Å². The number of likely N-dealkylation sites (tertiary alicyclic amines) is 1. The van der Waals surface area contributed by atoms with Crippen LogP contribution in [-0.4, -0.2) is 50.7 Å². The molecule has 9 nitrogen and oxygen atoms in total. The summed E-state index contributed by atoms with van der Waals surface area (Å²) in [6, 6.07) is 14.7. The first-order chi connectivity index (χ1) is 18.3. The van der Waals surface area contributed by atoms with Crippen molar-refractivity contribution in [2.24, 2.45) is 11.7 Å². The molecule has 2 unspecified atom stereocenters. The summed E-state index contributed by atoms with van der Waals surface area (Å²) >= 11 is 0. The maximum Gasteiger partial charge on any atom is 0.254 e. The number of benzene rings is 1. The van der Waals surface area contributed by atoms with Gasteiger partial charge in [0.05, 0.1) is 18.2 Å². The number of alkyl halides is 1. The summed E-state index contributed by atoms with van der Waals surface area (Å²) in [4.78, 5) is 30.1. The summed E-state index contributed by atoms with van der Waals surface area (Å²) in [7, 11) is 0. The number of amides is 2. The lowest BCUT2D eigenvalue weighted by molar-refractivity contribution is -0.117. The molecule has 1 aliphatic heterocycles. The maximum absolute atomic E-state index is 15.9. The van der Waals surface area contributed by atoms with Crippen molar-refractivity contribution < 1.29 is 18.4 Å². The standard InChI is InChI=1S/C27H27F2N7O2/c28-22-16-35(14-19-8-9-21(32-23(19)29)17-4-2-1-3-5-17)13-11-27(22,10-12-30)36-15-20(24(31)37)25(34-36)33-26(38)18-6-7-18/h1-5,8-9,15,18,22H,6-7,10-11,13-14,16H2,(H2,31,37)(H,33,34,38). The number of aromatic nitrogens is 3. The molecule has 2 aromatic heterocycles. The number of piperidine rings is 1. The molecular weight excluding hydrogens is 492 g/mol. The third-order valence-electron chi connectivity index (χ3n) is 7.26. The monoisotopic (exact) mass is 519 g/mol. The average molecular weight is 520 g/mol. The Morgan fingerprint density at radius 2 is 1.97 bits per heavy atom. The van der Waals surface area contributed by atoms with Crippen LogP contribution in [0.3, 0.4) is 0 Å². The molecule has 0 bridgehead atoms. The zero-order valence-electron chi connectivity index (χ0n) is 20.6. The van der Waals surface area contributed by atoms with E-state index < -0.39 is 23.6 Å². The number of nitriles is 1. The highest BCUT2D eigenvalue weighted by molar-refractivity contribution is 6.02. The number of hydrogen-bond acceptors (Lipinski definition) is 6. The number of nitrogens with zero attached hydrogens (tertiary/aromatic N) is 5. The first-order valence-electron chi connectivity index (χ1n) is 12.5. The molecule has 1 aliphatic carbocycles. The van der Waals surface area contributed by atoms with E-state index in [1.54, 1.807) is 17.0 Å².